The number of rotatable bonds is 4. The van der Waals surface area contributed by atoms with Crippen LogP contribution in [0.2, 0.25) is 0 Å². The van der Waals surface area contributed by atoms with Crippen LogP contribution >= 0.6 is 0 Å². The van der Waals surface area contributed by atoms with E-state index in [4.69, 9.17) is 9.47 Å². The maximum atomic E-state index is 6.02. The summed E-state index contributed by atoms with van der Waals surface area (Å²) in [6.07, 6.45) is 4.56. The molecule has 1 aliphatic rings. The molecule has 0 radical (unpaired) electrons. The smallest absolute Gasteiger partial charge is 0.119 e. The first-order valence-corrected chi connectivity index (χ1v) is 6.33. The summed E-state index contributed by atoms with van der Waals surface area (Å²) in [5.74, 6) is 0.910. The molecule has 1 heterocycles. The minimum absolute atomic E-state index is 0.0253. The Labute approximate surface area is 109 Å². The highest BCUT2D eigenvalue weighted by atomic mass is 16.5. The second-order valence-electron chi connectivity index (χ2n) is 4.66. The molecule has 0 aliphatic carbocycles. The van der Waals surface area contributed by atoms with Gasteiger partial charge in [-0.15, -0.1) is 6.58 Å². The number of hydrogen-bond donors (Lipinski definition) is 0. The molecule has 0 N–H and O–H groups in total. The molecule has 96 valence electrons. The second-order valence-corrected chi connectivity index (χ2v) is 4.66. The zero-order valence-corrected chi connectivity index (χ0v) is 11.1. The van der Waals surface area contributed by atoms with Gasteiger partial charge in [0, 0.05) is 6.42 Å². The van der Waals surface area contributed by atoms with Gasteiger partial charge in [-0.1, -0.05) is 24.8 Å². The van der Waals surface area contributed by atoms with Crippen LogP contribution in [0.5, 0.6) is 5.75 Å². The average molecular weight is 244 g/mol. The molecular formula is C16H20O2. The first kappa shape index (κ1) is 12.9. The minimum atomic E-state index is -0.447. The normalized spacial score (nSPS) is 26.2. The van der Waals surface area contributed by atoms with Crippen LogP contribution in [-0.2, 0) is 16.8 Å². The molecule has 0 bridgehead atoms. The Morgan fingerprint density at radius 1 is 1.50 bits per heavy atom. The summed E-state index contributed by atoms with van der Waals surface area (Å²) >= 11 is 0. The third kappa shape index (κ3) is 2.21. The quantitative estimate of drug-likeness (QED) is 0.753. The first-order valence-electron chi connectivity index (χ1n) is 6.33. The molecule has 0 spiro atoms. The maximum absolute atomic E-state index is 6.02. The number of fused-ring (bicyclic) bond motifs is 1. The Morgan fingerprint density at radius 3 is 2.89 bits per heavy atom. The van der Waals surface area contributed by atoms with Crippen LogP contribution in [0.1, 0.15) is 25.0 Å². The van der Waals surface area contributed by atoms with Crippen molar-refractivity contribution in [3.63, 3.8) is 0 Å². The van der Waals surface area contributed by atoms with Crippen molar-refractivity contribution in [2.45, 2.75) is 32.0 Å². The van der Waals surface area contributed by atoms with Gasteiger partial charge in [-0.2, -0.15) is 0 Å². The lowest BCUT2D eigenvalue weighted by atomic mass is 9.85. The van der Waals surface area contributed by atoms with E-state index >= 15 is 0 Å². The third-order valence-electron chi connectivity index (χ3n) is 3.39. The Hall–Kier alpha value is -1.54. The van der Waals surface area contributed by atoms with Crippen LogP contribution < -0.4 is 4.74 Å². The molecule has 2 atom stereocenters. The van der Waals surface area contributed by atoms with Gasteiger partial charge < -0.3 is 9.47 Å². The lowest BCUT2D eigenvalue weighted by Gasteiger charge is -2.37. The highest BCUT2D eigenvalue weighted by Crippen LogP contribution is 2.38. The molecule has 2 heteroatoms. The molecule has 1 aromatic rings. The first-order chi connectivity index (χ1) is 8.62. The molecular weight excluding hydrogens is 224 g/mol. The van der Waals surface area contributed by atoms with Gasteiger partial charge in [-0.25, -0.2) is 0 Å². The number of benzene rings is 1. The van der Waals surface area contributed by atoms with Crippen molar-refractivity contribution < 1.29 is 9.47 Å². The van der Waals surface area contributed by atoms with Gasteiger partial charge in [0.1, 0.15) is 11.4 Å². The van der Waals surface area contributed by atoms with E-state index in [-0.39, 0.29) is 6.10 Å². The van der Waals surface area contributed by atoms with Crippen LogP contribution in [0, 0.1) is 0 Å². The van der Waals surface area contributed by atoms with E-state index in [0.29, 0.717) is 6.61 Å². The minimum Gasteiger partial charge on any atom is -0.494 e. The van der Waals surface area contributed by atoms with E-state index in [1.807, 2.05) is 32.1 Å². The van der Waals surface area contributed by atoms with Crippen molar-refractivity contribution in [2.24, 2.45) is 0 Å². The van der Waals surface area contributed by atoms with Crippen molar-refractivity contribution in [2.75, 3.05) is 6.61 Å². The highest BCUT2D eigenvalue weighted by molar-refractivity contribution is 5.43. The summed E-state index contributed by atoms with van der Waals surface area (Å²) in [6, 6.07) is 6.16. The van der Waals surface area contributed by atoms with Crippen molar-refractivity contribution in [1.82, 2.24) is 0 Å². The largest absolute Gasteiger partial charge is 0.494 e. The Balaban J connectivity index is 2.45. The van der Waals surface area contributed by atoms with Crippen molar-refractivity contribution in [3.05, 3.63) is 54.6 Å². The van der Waals surface area contributed by atoms with Crippen molar-refractivity contribution in [1.29, 1.82) is 0 Å². The number of hydrogen-bond acceptors (Lipinski definition) is 2. The molecule has 0 amide bonds. The van der Waals surface area contributed by atoms with Crippen molar-refractivity contribution >= 4 is 0 Å². The van der Waals surface area contributed by atoms with Gasteiger partial charge in [0.05, 0.1) is 12.7 Å². The maximum Gasteiger partial charge on any atom is 0.119 e. The van der Waals surface area contributed by atoms with Crippen LogP contribution in [0.3, 0.4) is 0 Å². The van der Waals surface area contributed by atoms with Gasteiger partial charge >= 0.3 is 0 Å². The summed E-state index contributed by atoms with van der Waals surface area (Å²) in [6.45, 7) is 12.4. The zero-order chi connectivity index (χ0) is 13.2. The lowest BCUT2D eigenvalue weighted by molar-refractivity contribution is -0.0456. The molecule has 1 aromatic carbocycles. The van der Waals surface area contributed by atoms with Crippen LogP contribution in [0.4, 0.5) is 0 Å². The fraction of sp³-hybridized carbons (Fsp3) is 0.375. The predicted octanol–water partition coefficient (Wildman–Crippen LogP) is 3.61. The third-order valence-corrected chi connectivity index (χ3v) is 3.39. The van der Waals surface area contributed by atoms with Gasteiger partial charge in [-0.05, 0) is 37.1 Å². The molecule has 0 saturated carbocycles. The number of ether oxygens (including phenoxy) is 2. The molecule has 0 aromatic heterocycles. The molecule has 1 aliphatic heterocycles. The molecule has 2 nitrogen and oxygen atoms in total. The molecule has 18 heavy (non-hydrogen) atoms. The monoisotopic (exact) mass is 244 g/mol. The summed E-state index contributed by atoms with van der Waals surface area (Å²) in [7, 11) is 0. The van der Waals surface area contributed by atoms with E-state index in [2.05, 4.69) is 25.3 Å². The SMILES string of the molecule is C=C[C@H]1Cc2cc(OCC)ccc2[C@](C)(C=C)O1. The molecule has 2 rings (SSSR count). The predicted molar refractivity (Wildman–Crippen MR) is 73.9 cm³/mol. The fourth-order valence-electron chi connectivity index (χ4n) is 2.41. The van der Waals surface area contributed by atoms with Gasteiger partial charge in [0.15, 0.2) is 0 Å². The van der Waals surface area contributed by atoms with Crippen LogP contribution in [-0.4, -0.2) is 12.7 Å². The topological polar surface area (TPSA) is 18.5 Å². The van der Waals surface area contributed by atoms with Crippen molar-refractivity contribution in [3.8, 4) is 5.75 Å². The van der Waals surface area contributed by atoms with E-state index in [1.165, 1.54) is 11.1 Å². The lowest BCUT2D eigenvalue weighted by Crippen LogP contribution is -2.35. The summed E-state index contributed by atoms with van der Waals surface area (Å²) < 4.78 is 11.6. The summed E-state index contributed by atoms with van der Waals surface area (Å²) in [5.41, 5.74) is 1.97. The van der Waals surface area contributed by atoms with Crippen LogP contribution in [0.15, 0.2) is 43.5 Å². The fourth-order valence-corrected chi connectivity index (χ4v) is 2.41. The Bertz CT molecular complexity index is 464. The Kier molecular flexibility index (Phi) is 3.58. The molecule has 0 fully saturated rings. The van der Waals surface area contributed by atoms with Gasteiger partial charge in [0.2, 0.25) is 0 Å². The van der Waals surface area contributed by atoms with E-state index < -0.39 is 5.60 Å². The van der Waals surface area contributed by atoms with E-state index in [0.717, 1.165) is 12.2 Å². The molecule has 0 saturated heterocycles. The second kappa shape index (κ2) is 4.99. The van der Waals surface area contributed by atoms with E-state index in [9.17, 15) is 0 Å². The Morgan fingerprint density at radius 2 is 2.28 bits per heavy atom. The highest BCUT2D eigenvalue weighted by Gasteiger charge is 2.34. The van der Waals surface area contributed by atoms with Gasteiger partial charge in [-0.3, -0.25) is 0 Å². The average Bonchev–Trinajstić information content (AvgIpc) is 2.38. The molecule has 0 unspecified atom stereocenters. The van der Waals surface area contributed by atoms with Crippen LogP contribution in [0.25, 0.3) is 0 Å². The summed E-state index contributed by atoms with van der Waals surface area (Å²) in [5, 5.41) is 0. The van der Waals surface area contributed by atoms with Gasteiger partial charge in [0.25, 0.3) is 0 Å². The van der Waals surface area contributed by atoms with E-state index in [1.54, 1.807) is 0 Å². The summed E-state index contributed by atoms with van der Waals surface area (Å²) in [4.78, 5) is 0. The standard InChI is InChI=1S/C16H20O2/c1-5-13-10-12-11-14(17-7-3)8-9-15(12)16(4,6-2)18-13/h5-6,8-9,11,13H,1-2,7,10H2,3-4H3/t13-,16-/m0/s1. The zero-order valence-electron chi connectivity index (χ0n) is 11.1.